The maximum Gasteiger partial charge on any atom is 0.367 e. The molecule has 0 bridgehead atoms. The lowest BCUT2D eigenvalue weighted by atomic mass is 10.9. The van der Waals surface area contributed by atoms with Gasteiger partial charge in [0.05, 0.1) is 6.61 Å². The molecular weight excluding hydrogens is 124 g/mol. The third-order valence-corrected chi connectivity index (χ3v) is 1.17. The Balaban J connectivity index is 3.06. The molecule has 0 aliphatic heterocycles. The van der Waals surface area contributed by atoms with Crippen LogP contribution in [0.3, 0.4) is 0 Å². The first-order chi connectivity index (χ1) is 3.81. The molecule has 0 aliphatic carbocycles. The predicted octanol–water partition coefficient (Wildman–Crippen LogP) is 1.90. The van der Waals surface area contributed by atoms with E-state index < -0.39 is 0 Å². The van der Waals surface area contributed by atoms with Gasteiger partial charge in [0.15, 0.2) is 0 Å². The summed E-state index contributed by atoms with van der Waals surface area (Å²) in [7, 11) is 0. The summed E-state index contributed by atoms with van der Waals surface area (Å²) in [4.78, 5) is 10.4. The highest BCUT2D eigenvalue weighted by Gasteiger charge is 1.96. The second kappa shape index (κ2) is 4.97. The van der Waals surface area contributed by atoms with Crippen molar-refractivity contribution >= 4 is 17.1 Å². The lowest BCUT2D eigenvalue weighted by molar-refractivity contribution is 0.181. The third kappa shape index (κ3) is 3.99. The molecule has 0 aromatic heterocycles. The quantitative estimate of drug-likeness (QED) is 0.539. The topological polar surface area (TPSA) is 26.3 Å². The van der Waals surface area contributed by atoms with Crippen molar-refractivity contribution in [1.82, 2.24) is 0 Å². The first-order valence-corrected chi connectivity index (χ1v) is 3.59. The van der Waals surface area contributed by atoms with Gasteiger partial charge in [0.2, 0.25) is 0 Å². The van der Waals surface area contributed by atoms with Gasteiger partial charge < -0.3 is 4.74 Å². The minimum atomic E-state index is -0.171. The van der Waals surface area contributed by atoms with Gasteiger partial charge in [-0.2, -0.15) is 0 Å². The fourth-order valence-corrected chi connectivity index (χ4v) is 0.714. The first-order valence-electron chi connectivity index (χ1n) is 2.60. The van der Waals surface area contributed by atoms with Crippen LogP contribution in [0.25, 0.3) is 0 Å². The van der Waals surface area contributed by atoms with Crippen LogP contribution in [0.2, 0.25) is 0 Å². The van der Waals surface area contributed by atoms with E-state index in [1.807, 2.05) is 6.92 Å². The fourth-order valence-electron chi connectivity index (χ4n) is 0.277. The molecule has 0 saturated heterocycles. The number of hydrogen-bond acceptors (Lipinski definition) is 3. The van der Waals surface area contributed by atoms with Gasteiger partial charge in [-0.3, -0.25) is 0 Å². The van der Waals surface area contributed by atoms with Gasteiger partial charge in [0, 0.05) is 5.75 Å². The van der Waals surface area contributed by atoms with Crippen molar-refractivity contribution in [1.29, 1.82) is 0 Å². The molecule has 0 amide bonds. The Kier molecular flexibility index (Phi) is 4.85. The highest BCUT2D eigenvalue weighted by Crippen LogP contribution is 2.02. The molecule has 0 unspecified atom stereocenters. The van der Waals surface area contributed by atoms with Crippen molar-refractivity contribution in [2.45, 2.75) is 13.8 Å². The predicted molar refractivity (Wildman–Crippen MR) is 35.2 cm³/mol. The Labute approximate surface area is 53.6 Å². The van der Waals surface area contributed by atoms with Crippen molar-refractivity contribution in [3.63, 3.8) is 0 Å². The van der Waals surface area contributed by atoms with E-state index in [1.165, 1.54) is 11.8 Å². The van der Waals surface area contributed by atoms with E-state index in [0.717, 1.165) is 5.75 Å². The Morgan fingerprint density at radius 1 is 1.62 bits per heavy atom. The lowest BCUT2D eigenvalue weighted by Gasteiger charge is -1.95. The van der Waals surface area contributed by atoms with Crippen LogP contribution in [0.1, 0.15) is 13.8 Å². The van der Waals surface area contributed by atoms with E-state index in [4.69, 9.17) is 0 Å². The average molecular weight is 134 g/mol. The summed E-state index contributed by atoms with van der Waals surface area (Å²) in [5.74, 6) is 0.791. The molecule has 3 heteroatoms. The molecule has 0 spiro atoms. The van der Waals surface area contributed by atoms with Crippen LogP contribution in [0, 0.1) is 0 Å². The summed E-state index contributed by atoms with van der Waals surface area (Å²) in [5, 5.41) is -0.171. The number of ether oxygens (including phenoxy) is 1. The van der Waals surface area contributed by atoms with Crippen LogP contribution in [0.5, 0.6) is 0 Å². The molecule has 0 saturated carbocycles. The van der Waals surface area contributed by atoms with Crippen LogP contribution in [-0.2, 0) is 4.74 Å². The SMILES string of the molecule is CCOC(=O)SCC. The minimum Gasteiger partial charge on any atom is -0.458 e. The average Bonchev–Trinajstić information content (AvgIpc) is 1.68. The molecule has 0 radical (unpaired) electrons. The van der Waals surface area contributed by atoms with Crippen LogP contribution in [-0.4, -0.2) is 17.7 Å². The monoisotopic (exact) mass is 134 g/mol. The zero-order chi connectivity index (χ0) is 6.41. The Morgan fingerprint density at radius 2 is 2.25 bits per heavy atom. The van der Waals surface area contributed by atoms with Crippen molar-refractivity contribution in [2.75, 3.05) is 12.4 Å². The zero-order valence-corrected chi connectivity index (χ0v) is 5.96. The molecule has 0 fully saturated rings. The van der Waals surface area contributed by atoms with E-state index in [2.05, 4.69) is 4.74 Å². The molecule has 0 rings (SSSR count). The molecular formula is C5H10O2S. The van der Waals surface area contributed by atoms with Crippen LogP contribution < -0.4 is 0 Å². The molecule has 48 valence electrons. The van der Waals surface area contributed by atoms with Gasteiger partial charge in [-0.05, 0) is 18.7 Å². The van der Waals surface area contributed by atoms with E-state index >= 15 is 0 Å². The standard InChI is InChI=1S/C5H10O2S/c1-3-7-5(6)8-4-2/h3-4H2,1-2H3. The van der Waals surface area contributed by atoms with E-state index in [0.29, 0.717) is 6.61 Å². The number of thioether (sulfide) groups is 1. The zero-order valence-electron chi connectivity index (χ0n) is 5.14. The fraction of sp³-hybridized carbons (Fsp3) is 0.800. The molecule has 0 heterocycles. The summed E-state index contributed by atoms with van der Waals surface area (Å²) in [6.07, 6.45) is 0. The normalized spacial score (nSPS) is 8.75. The molecule has 2 nitrogen and oxygen atoms in total. The van der Waals surface area contributed by atoms with Crippen LogP contribution in [0.15, 0.2) is 0 Å². The highest BCUT2D eigenvalue weighted by molar-refractivity contribution is 8.13. The van der Waals surface area contributed by atoms with Gasteiger partial charge in [0.25, 0.3) is 0 Å². The third-order valence-electron chi connectivity index (χ3n) is 0.524. The summed E-state index contributed by atoms with van der Waals surface area (Å²) in [5.41, 5.74) is 0. The summed E-state index contributed by atoms with van der Waals surface area (Å²) >= 11 is 1.19. The second-order valence-corrected chi connectivity index (χ2v) is 2.32. The Bertz CT molecular complexity index is 64.8. The van der Waals surface area contributed by atoms with Crippen molar-refractivity contribution in [3.8, 4) is 0 Å². The van der Waals surface area contributed by atoms with Gasteiger partial charge >= 0.3 is 5.30 Å². The maximum absolute atomic E-state index is 10.4. The van der Waals surface area contributed by atoms with E-state index in [-0.39, 0.29) is 5.30 Å². The second-order valence-electron chi connectivity index (χ2n) is 1.12. The molecule has 0 N–H and O–H groups in total. The summed E-state index contributed by atoms with van der Waals surface area (Å²) < 4.78 is 4.61. The molecule has 0 atom stereocenters. The minimum absolute atomic E-state index is 0.171. The molecule has 0 aromatic carbocycles. The van der Waals surface area contributed by atoms with Gasteiger partial charge in [-0.15, -0.1) is 0 Å². The van der Waals surface area contributed by atoms with Crippen molar-refractivity contribution < 1.29 is 9.53 Å². The van der Waals surface area contributed by atoms with Crippen molar-refractivity contribution in [2.24, 2.45) is 0 Å². The number of carbonyl (C=O) groups excluding carboxylic acids is 1. The van der Waals surface area contributed by atoms with Crippen LogP contribution >= 0.6 is 11.8 Å². The van der Waals surface area contributed by atoms with Crippen LogP contribution in [0.4, 0.5) is 4.79 Å². The number of hydrogen-bond donors (Lipinski definition) is 0. The largest absolute Gasteiger partial charge is 0.458 e. The van der Waals surface area contributed by atoms with Gasteiger partial charge in [-0.1, -0.05) is 6.92 Å². The molecule has 8 heavy (non-hydrogen) atoms. The lowest BCUT2D eigenvalue weighted by Crippen LogP contribution is -1.95. The Hall–Kier alpha value is -0.180. The highest BCUT2D eigenvalue weighted by atomic mass is 32.2. The van der Waals surface area contributed by atoms with Gasteiger partial charge in [-0.25, -0.2) is 4.79 Å². The van der Waals surface area contributed by atoms with E-state index in [9.17, 15) is 4.79 Å². The maximum atomic E-state index is 10.4. The van der Waals surface area contributed by atoms with E-state index in [1.54, 1.807) is 6.92 Å². The molecule has 0 aliphatic rings. The van der Waals surface area contributed by atoms with Gasteiger partial charge in [0.1, 0.15) is 0 Å². The number of carbonyl (C=O) groups is 1. The number of rotatable bonds is 2. The summed E-state index contributed by atoms with van der Waals surface area (Å²) in [6, 6.07) is 0. The Morgan fingerprint density at radius 3 is 2.62 bits per heavy atom. The smallest absolute Gasteiger partial charge is 0.367 e. The first kappa shape index (κ1) is 7.82. The van der Waals surface area contributed by atoms with Crippen molar-refractivity contribution in [3.05, 3.63) is 0 Å². The summed E-state index contributed by atoms with van der Waals surface area (Å²) in [6.45, 7) is 4.20. The molecule has 0 aromatic rings.